The molecule has 3 aromatic rings. The van der Waals surface area contributed by atoms with E-state index in [-0.39, 0.29) is 0 Å². The maximum absolute atomic E-state index is 2.28. The van der Waals surface area contributed by atoms with Crippen molar-refractivity contribution in [2.24, 2.45) is 0 Å². The summed E-state index contributed by atoms with van der Waals surface area (Å²) in [6.07, 6.45) is 0. The Morgan fingerprint density at radius 1 is 0.762 bits per heavy atom. The summed E-state index contributed by atoms with van der Waals surface area (Å²) in [6.45, 7) is 6.55. The van der Waals surface area contributed by atoms with Crippen molar-refractivity contribution in [2.75, 3.05) is 11.9 Å². The summed E-state index contributed by atoms with van der Waals surface area (Å²) in [7, 11) is 2.14. The van der Waals surface area contributed by atoms with Gasteiger partial charge in [0.1, 0.15) is 0 Å². The van der Waals surface area contributed by atoms with Gasteiger partial charge in [-0.15, -0.1) is 0 Å². The fraction of sp³-hybridized carbons (Fsp3) is 0.200. The maximum atomic E-state index is 2.28. The third kappa shape index (κ3) is 2.40. The minimum absolute atomic E-state index is 1.24. The third-order valence-electron chi connectivity index (χ3n) is 4.43. The Kier molecular flexibility index (Phi) is 3.42. The first-order chi connectivity index (χ1) is 10.1. The number of nitrogens with zero attached hydrogens (tertiary/aromatic N) is 1. The molecule has 0 saturated heterocycles. The van der Waals surface area contributed by atoms with Gasteiger partial charge in [-0.05, 0) is 61.0 Å². The summed E-state index contributed by atoms with van der Waals surface area (Å²) in [5, 5.41) is 2.57. The monoisotopic (exact) mass is 275 g/mol. The molecule has 1 nitrogen and oxygen atoms in total. The van der Waals surface area contributed by atoms with Crippen molar-refractivity contribution in [1.82, 2.24) is 0 Å². The highest BCUT2D eigenvalue weighted by Crippen LogP contribution is 2.32. The van der Waals surface area contributed by atoms with Crippen LogP contribution in [-0.2, 0) is 0 Å². The predicted octanol–water partition coefficient (Wildman–Crippen LogP) is 5.53. The highest BCUT2D eigenvalue weighted by Gasteiger charge is 2.10. The molecule has 0 atom stereocenters. The zero-order valence-corrected chi connectivity index (χ0v) is 13.1. The van der Waals surface area contributed by atoms with Crippen molar-refractivity contribution in [1.29, 1.82) is 0 Å². The minimum atomic E-state index is 1.24. The average molecular weight is 275 g/mol. The lowest BCUT2D eigenvalue weighted by atomic mass is 10.0. The summed E-state index contributed by atoms with van der Waals surface area (Å²) in [6, 6.07) is 19.6. The van der Waals surface area contributed by atoms with E-state index in [9.17, 15) is 0 Å². The van der Waals surface area contributed by atoms with E-state index < -0.39 is 0 Å². The van der Waals surface area contributed by atoms with Crippen LogP contribution in [0.3, 0.4) is 0 Å². The van der Waals surface area contributed by atoms with Gasteiger partial charge >= 0.3 is 0 Å². The number of benzene rings is 3. The second kappa shape index (κ2) is 5.25. The number of hydrogen-bond donors (Lipinski definition) is 0. The fourth-order valence-electron chi connectivity index (χ4n) is 2.85. The van der Waals surface area contributed by atoms with Gasteiger partial charge in [0, 0.05) is 23.8 Å². The fourth-order valence-corrected chi connectivity index (χ4v) is 2.85. The molecule has 0 bridgehead atoms. The van der Waals surface area contributed by atoms with Crippen LogP contribution in [0.4, 0.5) is 11.4 Å². The van der Waals surface area contributed by atoms with Crippen LogP contribution >= 0.6 is 0 Å². The molecule has 0 fully saturated rings. The van der Waals surface area contributed by atoms with E-state index in [0.717, 1.165) is 0 Å². The highest BCUT2D eigenvalue weighted by molar-refractivity contribution is 5.96. The molecule has 0 unspecified atom stereocenters. The Labute approximate surface area is 126 Å². The first-order valence-corrected chi connectivity index (χ1v) is 7.37. The van der Waals surface area contributed by atoms with Crippen LogP contribution in [0.25, 0.3) is 10.8 Å². The van der Waals surface area contributed by atoms with Gasteiger partial charge in [0.25, 0.3) is 0 Å². The van der Waals surface area contributed by atoms with Gasteiger partial charge in [-0.1, -0.05) is 36.4 Å². The first-order valence-electron chi connectivity index (χ1n) is 7.37. The van der Waals surface area contributed by atoms with Gasteiger partial charge in [0.05, 0.1) is 0 Å². The Balaban J connectivity index is 2.15. The van der Waals surface area contributed by atoms with Gasteiger partial charge < -0.3 is 4.90 Å². The zero-order valence-electron chi connectivity index (χ0n) is 13.1. The molecule has 0 saturated carbocycles. The van der Waals surface area contributed by atoms with Crippen LogP contribution in [0, 0.1) is 20.8 Å². The number of aryl methyl sites for hydroxylation is 2. The molecule has 21 heavy (non-hydrogen) atoms. The Morgan fingerprint density at radius 2 is 1.38 bits per heavy atom. The molecule has 0 aliphatic carbocycles. The van der Waals surface area contributed by atoms with Crippen molar-refractivity contribution in [3.63, 3.8) is 0 Å². The lowest BCUT2D eigenvalue weighted by molar-refractivity contribution is 1.18. The molecular formula is C20H21N. The molecule has 0 spiro atoms. The van der Waals surface area contributed by atoms with Crippen molar-refractivity contribution >= 4 is 22.1 Å². The lowest BCUT2D eigenvalue weighted by Crippen LogP contribution is -2.10. The molecular weight excluding hydrogens is 254 g/mol. The molecule has 0 heterocycles. The summed E-state index contributed by atoms with van der Waals surface area (Å²) in [4.78, 5) is 2.28. The molecule has 106 valence electrons. The van der Waals surface area contributed by atoms with Crippen LogP contribution in [-0.4, -0.2) is 7.05 Å². The number of fused-ring (bicyclic) bond motifs is 1. The van der Waals surface area contributed by atoms with E-state index in [1.165, 1.54) is 38.8 Å². The Hall–Kier alpha value is -2.28. The Morgan fingerprint density at radius 3 is 2.10 bits per heavy atom. The first kappa shape index (κ1) is 13.7. The predicted molar refractivity (Wildman–Crippen MR) is 92.7 cm³/mol. The van der Waals surface area contributed by atoms with Crippen LogP contribution in [0.15, 0.2) is 54.6 Å². The normalized spacial score (nSPS) is 10.9. The third-order valence-corrected chi connectivity index (χ3v) is 4.43. The van der Waals surface area contributed by atoms with Crippen LogP contribution in [0.1, 0.15) is 16.7 Å². The van der Waals surface area contributed by atoms with E-state index in [1.807, 2.05) is 0 Å². The molecule has 3 rings (SSSR count). The van der Waals surface area contributed by atoms with Crippen molar-refractivity contribution in [3.05, 3.63) is 71.3 Å². The van der Waals surface area contributed by atoms with E-state index in [1.54, 1.807) is 0 Å². The second-order valence-corrected chi connectivity index (χ2v) is 5.76. The van der Waals surface area contributed by atoms with Crippen LogP contribution < -0.4 is 4.90 Å². The standard InChI is InChI=1S/C20H21N/c1-14-12-18(13-15(2)16(14)3)21(4)20-11-7-9-17-8-5-6-10-19(17)20/h5-13H,1-4H3. The van der Waals surface area contributed by atoms with E-state index in [2.05, 4.69) is 87.3 Å². The minimum Gasteiger partial charge on any atom is -0.344 e. The van der Waals surface area contributed by atoms with Gasteiger partial charge in [0.2, 0.25) is 0 Å². The number of rotatable bonds is 2. The largest absolute Gasteiger partial charge is 0.344 e. The van der Waals surface area contributed by atoms with Gasteiger partial charge in [-0.3, -0.25) is 0 Å². The molecule has 1 heteroatoms. The smallest absolute Gasteiger partial charge is 0.0487 e. The molecule has 0 radical (unpaired) electrons. The van der Waals surface area contributed by atoms with E-state index in [4.69, 9.17) is 0 Å². The van der Waals surface area contributed by atoms with Gasteiger partial charge in [0.15, 0.2) is 0 Å². The van der Waals surface area contributed by atoms with Gasteiger partial charge in [-0.2, -0.15) is 0 Å². The van der Waals surface area contributed by atoms with Crippen molar-refractivity contribution in [3.8, 4) is 0 Å². The summed E-state index contributed by atoms with van der Waals surface area (Å²) in [5.41, 5.74) is 6.56. The molecule has 0 aliphatic heterocycles. The van der Waals surface area contributed by atoms with Crippen LogP contribution in [0.5, 0.6) is 0 Å². The summed E-state index contributed by atoms with van der Waals surface area (Å²) < 4.78 is 0. The molecule has 0 amide bonds. The quantitative estimate of drug-likeness (QED) is 0.594. The zero-order chi connectivity index (χ0) is 15.0. The number of hydrogen-bond acceptors (Lipinski definition) is 1. The molecule has 0 aliphatic rings. The summed E-state index contributed by atoms with van der Waals surface area (Å²) in [5.74, 6) is 0. The van der Waals surface area contributed by atoms with Gasteiger partial charge in [-0.25, -0.2) is 0 Å². The number of anilines is 2. The lowest BCUT2D eigenvalue weighted by Gasteiger charge is -2.23. The molecule has 0 N–H and O–H groups in total. The maximum Gasteiger partial charge on any atom is 0.0487 e. The molecule has 0 aromatic heterocycles. The SMILES string of the molecule is Cc1cc(N(C)c2cccc3ccccc23)cc(C)c1C. The van der Waals surface area contributed by atoms with Crippen LogP contribution in [0.2, 0.25) is 0 Å². The molecule has 3 aromatic carbocycles. The Bertz CT molecular complexity index is 774. The topological polar surface area (TPSA) is 3.24 Å². The second-order valence-electron chi connectivity index (χ2n) is 5.76. The van der Waals surface area contributed by atoms with Crippen molar-refractivity contribution in [2.45, 2.75) is 20.8 Å². The van der Waals surface area contributed by atoms with E-state index in [0.29, 0.717) is 0 Å². The van der Waals surface area contributed by atoms with Crippen molar-refractivity contribution < 1.29 is 0 Å². The average Bonchev–Trinajstić information content (AvgIpc) is 2.51. The highest BCUT2D eigenvalue weighted by atomic mass is 15.1. The summed E-state index contributed by atoms with van der Waals surface area (Å²) >= 11 is 0. The van der Waals surface area contributed by atoms with E-state index >= 15 is 0 Å².